The number of hydrogen-bond donors (Lipinski definition) is 0. The van der Waals surface area contributed by atoms with Gasteiger partial charge in [0.2, 0.25) is 0 Å². The molecule has 0 spiro atoms. The van der Waals surface area contributed by atoms with Crippen molar-refractivity contribution in [2.45, 2.75) is 31.6 Å². The van der Waals surface area contributed by atoms with Gasteiger partial charge in [-0.15, -0.1) is 0 Å². The van der Waals surface area contributed by atoms with Crippen LogP contribution in [0.1, 0.15) is 30.9 Å². The van der Waals surface area contributed by atoms with Gasteiger partial charge in [-0.3, -0.25) is 0 Å². The molecule has 0 N–H and O–H groups in total. The van der Waals surface area contributed by atoms with E-state index in [-0.39, 0.29) is 0 Å². The van der Waals surface area contributed by atoms with Gasteiger partial charge in [-0.1, -0.05) is 47.1 Å². The Labute approximate surface area is 93.6 Å². The summed E-state index contributed by atoms with van der Waals surface area (Å²) >= 11 is 0. The van der Waals surface area contributed by atoms with E-state index in [0.29, 0.717) is 0 Å². The summed E-state index contributed by atoms with van der Waals surface area (Å²) in [6.45, 7) is 4.45. The third-order valence-corrected chi connectivity index (χ3v) is 4.52. The lowest BCUT2D eigenvalue weighted by atomic mass is 9.98. The van der Waals surface area contributed by atoms with Crippen LogP contribution in [-0.2, 0) is 0 Å². The molecule has 1 aromatic carbocycles. The summed E-state index contributed by atoms with van der Waals surface area (Å²) in [7, 11) is 3.72. The lowest BCUT2D eigenvalue weighted by Gasteiger charge is -2.18. The Balaban J connectivity index is 2.45. The molecule has 0 amide bonds. The van der Waals surface area contributed by atoms with Crippen LogP contribution in [-0.4, -0.2) is 0 Å². The lowest BCUT2D eigenvalue weighted by molar-refractivity contribution is 0.968. The van der Waals surface area contributed by atoms with E-state index in [2.05, 4.69) is 37.5 Å². The molecule has 0 radical (unpaired) electrons. The predicted molar refractivity (Wildman–Crippen MR) is 67.5 cm³/mol. The lowest BCUT2D eigenvalue weighted by Crippen LogP contribution is -1.94. The third-order valence-electron chi connectivity index (χ3n) is 2.40. The Kier molecular flexibility index (Phi) is 3.24. The molecule has 1 aromatic rings. The molecular formula is C12H14S2. The average molecular weight is 222 g/mol. The molecule has 0 bridgehead atoms. The van der Waals surface area contributed by atoms with E-state index in [1.807, 2.05) is 21.6 Å². The summed E-state index contributed by atoms with van der Waals surface area (Å²) in [4.78, 5) is 1.43. The highest BCUT2D eigenvalue weighted by atomic mass is 33.1. The summed E-state index contributed by atoms with van der Waals surface area (Å²) in [5.41, 5.74) is 4.41. The Morgan fingerprint density at radius 2 is 2.14 bits per heavy atom. The first-order valence-corrected chi connectivity index (χ1v) is 7.16. The van der Waals surface area contributed by atoms with Gasteiger partial charge in [-0.2, -0.15) is 0 Å². The molecule has 2 rings (SSSR count). The molecule has 14 heavy (non-hydrogen) atoms. The van der Waals surface area contributed by atoms with Crippen LogP contribution in [0.2, 0.25) is 0 Å². The zero-order valence-corrected chi connectivity index (χ0v) is 10.2. The van der Waals surface area contributed by atoms with Crippen molar-refractivity contribution in [2.75, 3.05) is 0 Å². The Hall–Kier alpha value is -0.340. The highest BCUT2D eigenvalue weighted by Gasteiger charge is 2.14. The summed E-state index contributed by atoms with van der Waals surface area (Å²) in [5, 5.41) is 2.31. The fourth-order valence-electron chi connectivity index (χ4n) is 1.77. The minimum absolute atomic E-state index is 1.20. The number of rotatable bonds is 2. The predicted octanol–water partition coefficient (Wildman–Crippen LogP) is 4.89. The SMILES string of the molecule is CCCC1=CSSc2cccc(C)c21. The first-order chi connectivity index (χ1) is 6.83. The van der Waals surface area contributed by atoms with Gasteiger partial charge in [-0.05, 0) is 41.5 Å². The summed E-state index contributed by atoms with van der Waals surface area (Å²) < 4.78 is 0. The third kappa shape index (κ3) is 1.86. The molecule has 0 aromatic heterocycles. The van der Waals surface area contributed by atoms with Crippen molar-refractivity contribution in [3.8, 4) is 0 Å². The second kappa shape index (κ2) is 4.45. The number of allylic oxidation sites excluding steroid dienone is 1. The molecule has 1 aliphatic rings. The van der Waals surface area contributed by atoms with Crippen molar-refractivity contribution in [3.63, 3.8) is 0 Å². The largest absolute Gasteiger partial charge is 0.0651 e. The summed E-state index contributed by atoms with van der Waals surface area (Å²) in [6.07, 6.45) is 2.43. The van der Waals surface area contributed by atoms with Crippen molar-refractivity contribution in [1.29, 1.82) is 0 Å². The van der Waals surface area contributed by atoms with Crippen LogP contribution in [0.4, 0.5) is 0 Å². The van der Waals surface area contributed by atoms with Gasteiger partial charge < -0.3 is 0 Å². The Morgan fingerprint density at radius 1 is 1.29 bits per heavy atom. The highest BCUT2D eigenvalue weighted by Crippen LogP contribution is 2.45. The molecule has 0 fully saturated rings. The fourth-order valence-corrected chi connectivity index (χ4v) is 4.00. The number of aryl methyl sites for hydroxylation is 1. The van der Waals surface area contributed by atoms with Crippen molar-refractivity contribution < 1.29 is 0 Å². The maximum atomic E-state index is 2.31. The van der Waals surface area contributed by atoms with Crippen molar-refractivity contribution in [1.82, 2.24) is 0 Å². The van der Waals surface area contributed by atoms with Crippen molar-refractivity contribution in [3.05, 3.63) is 34.7 Å². The van der Waals surface area contributed by atoms with E-state index in [4.69, 9.17) is 0 Å². The minimum Gasteiger partial charge on any atom is -0.0651 e. The van der Waals surface area contributed by atoms with Gasteiger partial charge in [0.05, 0.1) is 0 Å². The summed E-state index contributed by atoms with van der Waals surface area (Å²) in [5.74, 6) is 0. The van der Waals surface area contributed by atoms with Crippen LogP contribution >= 0.6 is 21.6 Å². The van der Waals surface area contributed by atoms with E-state index < -0.39 is 0 Å². The molecule has 0 saturated heterocycles. The van der Waals surface area contributed by atoms with Crippen molar-refractivity contribution in [2.24, 2.45) is 0 Å². The first kappa shape index (κ1) is 10.2. The Bertz CT molecular complexity index is 367. The molecule has 0 unspecified atom stereocenters. The van der Waals surface area contributed by atoms with Crippen LogP contribution in [0.25, 0.3) is 5.57 Å². The van der Waals surface area contributed by atoms with E-state index in [9.17, 15) is 0 Å². The van der Waals surface area contributed by atoms with Gasteiger partial charge in [0.15, 0.2) is 0 Å². The standard InChI is InChI=1S/C12H14S2/c1-3-5-10-8-13-14-11-7-4-6-9(2)12(10)11/h4,6-8H,3,5H2,1-2H3. The van der Waals surface area contributed by atoms with Crippen LogP contribution in [0.5, 0.6) is 0 Å². The van der Waals surface area contributed by atoms with E-state index in [1.54, 1.807) is 0 Å². The van der Waals surface area contributed by atoms with Gasteiger partial charge >= 0.3 is 0 Å². The maximum absolute atomic E-state index is 2.31. The van der Waals surface area contributed by atoms with Crippen molar-refractivity contribution >= 4 is 27.2 Å². The number of hydrogen-bond acceptors (Lipinski definition) is 2. The van der Waals surface area contributed by atoms with E-state index in [0.717, 1.165) is 0 Å². The molecule has 2 heteroatoms. The molecule has 1 aliphatic heterocycles. The second-order valence-corrected chi connectivity index (χ2v) is 5.63. The molecule has 0 saturated carbocycles. The van der Waals surface area contributed by atoms with E-state index >= 15 is 0 Å². The first-order valence-electron chi connectivity index (χ1n) is 4.95. The van der Waals surface area contributed by atoms with Gasteiger partial charge in [-0.25, -0.2) is 0 Å². The van der Waals surface area contributed by atoms with Crippen LogP contribution in [0.3, 0.4) is 0 Å². The van der Waals surface area contributed by atoms with Gasteiger partial charge in [0, 0.05) is 4.90 Å². The Morgan fingerprint density at radius 3 is 2.93 bits per heavy atom. The van der Waals surface area contributed by atoms with Gasteiger partial charge in [0.25, 0.3) is 0 Å². The average Bonchev–Trinajstić information content (AvgIpc) is 2.19. The molecule has 74 valence electrons. The highest BCUT2D eigenvalue weighted by molar-refractivity contribution is 8.78. The molecule has 1 heterocycles. The topological polar surface area (TPSA) is 0 Å². The minimum atomic E-state index is 1.20. The van der Waals surface area contributed by atoms with E-state index in [1.165, 1.54) is 34.4 Å². The quantitative estimate of drug-likeness (QED) is 0.653. The monoisotopic (exact) mass is 222 g/mol. The fraction of sp³-hybridized carbons (Fsp3) is 0.333. The zero-order chi connectivity index (χ0) is 9.97. The molecular weight excluding hydrogens is 208 g/mol. The molecule has 0 aliphatic carbocycles. The molecule has 0 atom stereocenters. The zero-order valence-electron chi connectivity index (χ0n) is 8.54. The summed E-state index contributed by atoms with van der Waals surface area (Å²) in [6, 6.07) is 6.58. The van der Waals surface area contributed by atoms with Crippen LogP contribution in [0, 0.1) is 6.92 Å². The van der Waals surface area contributed by atoms with Crippen LogP contribution in [0.15, 0.2) is 28.5 Å². The second-order valence-electron chi connectivity index (χ2n) is 3.52. The van der Waals surface area contributed by atoms with Gasteiger partial charge in [0.1, 0.15) is 0 Å². The maximum Gasteiger partial charge on any atom is 0.0264 e. The number of fused-ring (bicyclic) bond motifs is 1. The number of benzene rings is 1. The molecule has 0 nitrogen and oxygen atoms in total. The van der Waals surface area contributed by atoms with Crippen LogP contribution < -0.4 is 0 Å². The smallest absolute Gasteiger partial charge is 0.0264 e. The normalized spacial score (nSPS) is 14.9.